The molecular weight excluding hydrogens is 416 g/mol. The summed E-state index contributed by atoms with van der Waals surface area (Å²) < 4.78 is 11.4. The third-order valence-corrected chi connectivity index (χ3v) is 6.35. The Hall–Kier alpha value is -3.60. The molecule has 0 saturated carbocycles. The molecule has 0 fully saturated rings. The van der Waals surface area contributed by atoms with Crippen LogP contribution in [0.4, 0.5) is 0 Å². The lowest BCUT2D eigenvalue weighted by Gasteiger charge is -2.23. The molecule has 0 saturated heterocycles. The van der Waals surface area contributed by atoms with Crippen LogP contribution in [0.15, 0.2) is 66.7 Å². The molecule has 0 heterocycles. The smallest absolute Gasteiger partial charge is 0.310 e. The van der Waals surface area contributed by atoms with E-state index in [1.807, 2.05) is 30.3 Å². The van der Waals surface area contributed by atoms with Gasteiger partial charge in [-0.15, -0.1) is 0 Å². The molecule has 0 aliphatic heterocycles. The lowest BCUT2D eigenvalue weighted by Crippen LogP contribution is -2.34. The monoisotopic (exact) mass is 444 g/mol. The number of carbonyl (C=O) groups excluding carboxylic acids is 1. The number of carboxylic acid groups (broad SMARTS) is 1. The fourth-order valence-corrected chi connectivity index (χ4v) is 4.56. The van der Waals surface area contributed by atoms with Gasteiger partial charge in [0, 0.05) is 18.4 Å². The number of ketones is 1. The van der Waals surface area contributed by atoms with Crippen LogP contribution in [0.3, 0.4) is 0 Å². The first-order valence-corrected chi connectivity index (χ1v) is 11.1. The van der Waals surface area contributed by atoms with Crippen molar-refractivity contribution in [2.24, 2.45) is 5.41 Å². The SMILES string of the molecule is COc1cc(C(=O)CC2(C(=O)O)Cc3ccccc3C2)ccc1OCCc1cccc(C)c1. The summed E-state index contributed by atoms with van der Waals surface area (Å²) in [6.07, 6.45) is 1.42. The number of carbonyl (C=O) groups is 2. The van der Waals surface area contributed by atoms with Gasteiger partial charge in [0.2, 0.25) is 0 Å². The molecule has 0 radical (unpaired) electrons. The molecule has 1 aliphatic carbocycles. The molecule has 5 nitrogen and oxygen atoms in total. The lowest BCUT2D eigenvalue weighted by atomic mass is 9.79. The van der Waals surface area contributed by atoms with Gasteiger partial charge in [0.1, 0.15) is 0 Å². The van der Waals surface area contributed by atoms with Crippen LogP contribution in [0, 0.1) is 12.3 Å². The lowest BCUT2D eigenvalue weighted by molar-refractivity contribution is -0.148. The summed E-state index contributed by atoms with van der Waals surface area (Å²) in [5, 5.41) is 9.99. The number of hydrogen-bond donors (Lipinski definition) is 1. The molecular formula is C28H28O5. The average molecular weight is 445 g/mol. The number of fused-ring (bicyclic) bond motifs is 1. The van der Waals surface area contributed by atoms with E-state index in [1.165, 1.54) is 18.2 Å². The first-order chi connectivity index (χ1) is 15.9. The average Bonchev–Trinajstić information content (AvgIpc) is 3.18. The van der Waals surface area contributed by atoms with Crippen molar-refractivity contribution in [1.82, 2.24) is 0 Å². The molecule has 0 unspecified atom stereocenters. The molecule has 3 aromatic rings. The third kappa shape index (κ3) is 4.92. The summed E-state index contributed by atoms with van der Waals surface area (Å²) in [5.41, 5.74) is 3.71. The van der Waals surface area contributed by atoms with Crippen LogP contribution in [-0.2, 0) is 24.1 Å². The Morgan fingerprint density at radius 2 is 1.67 bits per heavy atom. The molecule has 1 aliphatic rings. The van der Waals surface area contributed by atoms with Crippen molar-refractivity contribution in [3.63, 3.8) is 0 Å². The second-order valence-corrected chi connectivity index (χ2v) is 8.76. The first kappa shape index (κ1) is 22.6. The highest BCUT2D eigenvalue weighted by atomic mass is 16.5. The van der Waals surface area contributed by atoms with Gasteiger partial charge >= 0.3 is 5.97 Å². The number of carboxylic acids is 1. The molecule has 4 rings (SSSR count). The number of benzene rings is 3. The van der Waals surface area contributed by atoms with E-state index in [4.69, 9.17) is 9.47 Å². The summed E-state index contributed by atoms with van der Waals surface area (Å²) in [6.45, 7) is 2.54. The second-order valence-electron chi connectivity index (χ2n) is 8.76. The zero-order chi connectivity index (χ0) is 23.4. The number of rotatable bonds is 9. The fraction of sp³-hybridized carbons (Fsp3) is 0.286. The van der Waals surface area contributed by atoms with Gasteiger partial charge in [-0.05, 0) is 54.7 Å². The van der Waals surface area contributed by atoms with E-state index in [9.17, 15) is 14.7 Å². The number of Topliss-reactive ketones (excluding diaryl/α,β-unsaturated/α-hetero) is 1. The number of aryl methyl sites for hydroxylation is 1. The number of aliphatic carboxylic acids is 1. The van der Waals surface area contributed by atoms with E-state index in [2.05, 4.69) is 25.1 Å². The zero-order valence-electron chi connectivity index (χ0n) is 19.0. The Kier molecular flexibility index (Phi) is 6.50. The molecule has 0 amide bonds. The maximum atomic E-state index is 13.1. The van der Waals surface area contributed by atoms with Gasteiger partial charge in [0.05, 0.1) is 19.1 Å². The number of ether oxygens (including phenoxy) is 2. The largest absolute Gasteiger partial charge is 0.493 e. The van der Waals surface area contributed by atoms with Crippen LogP contribution in [0.25, 0.3) is 0 Å². The van der Waals surface area contributed by atoms with E-state index in [0.29, 0.717) is 36.5 Å². The highest BCUT2D eigenvalue weighted by molar-refractivity contribution is 5.99. The molecule has 0 atom stereocenters. The zero-order valence-corrected chi connectivity index (χ0v) is 19.0. The van der Waals surface area contributed by atoms with Gasteiger partial charge in [-0.3, -0.25) is 9.59 Å². The van der Waals surface area contributed by atoms with Crippen LogP contribution in [0.2, 0.25) is 0 Å². The van der Waals surface area contributed by atoms with Crippen molar-refractivity contribution in [3.8, 4) is 11.5 Å². The number of hydrogen-bond acceptors (Lipinski definition) is 4. The van der Waals surface area contributed by atoms with E-state index in [0.717, 1.165) is 17.5 Å². The van der Waals surface area contributed by atoms with Crippen molar-refractivity contribution < 1.29 is 24.2 Å². The van der Waals surface area contributed by atoms with Gasteiger partial charge in [0.15, 0.2) is 17.3 Å². The van der Waals surface area contributed by atoms with Gasteiger partial charge in [0.25, 0.3) is 0 Å². The third-order valence-electron chi connectivity index (χ3n) is 6.35. The predicted octanol–water partition coefficient (Wildman–Crippen LogP) is 5.07. The second kappa shape index (κ2) is 9.49. The van der Waals surface area contributed by atoms with Gasteiger partial charge < -0.3 is 14.6 Å². The molecule has 0 spiro atoms. The highest BCUT2D eigenvalue weighted by Gasteiger charge is 2.45. The first-order valence-electron chi connectivity index (χ1n) is 11.1. The Bertz CT molecular complexity index is 1160. The molecule has 33 heavy (non-hydrogen) atoms. The Morgan fingerprint density at radius 1 is 0.939 bits per heavy atom. The summed E-state index contributed by atoms with van der Waals surface area (Å²) in [7, 11) is 1.53. The van der Waals surface area contributed by atoms with E-state index in [-0.39, 0.29) is 12.2 Å². The highest BCUT2D eigenvalue weighted by Crippen LogP contribution is 2.41. The van der Waals surface area contributed by atoms with Gasteiger partial charge in [-0.2, -0.15) is 0 Å². The van der Waals surface area contributed by atoms with Crippen molar-refractivity contribution in [1.29, 1.82) is 0 Å². The minimum absolute atomic E-state index is 0.0618. The van der Waals surface area contributed by atoms with Gasteiger partial charge in [-0.25, -0.2) is 0 Å². The van der Waals surface area contributed by atoms with Crippen LogP contribution in [0.5, 0.6) is 11.5 Å². The van der Waals surface area contributed by atoms with Crippen LogP contribution in [0.1, 0.15) is 39.0 Å². The molecule has 170 valence electrons. The molecule has 1 N–H and O–H groups in total. The van der Waals surface area contributed by atoms with Crippen LogP contribution in [-0.4, -0.2) is 30.6 Å². The van der Waals surface area contributed by atoms with Crippen molar-refractivity contribution in [2.45, 2.75) is 32.6 Å². The summed E-state index contributed by atoms with van der Waals surface area (Å²) >= 11 is 0. The predicted molar refractivity (Wildman–Crippen MR) is 126 cm³/mol. The topological polar surface area (TPSA) is 72.8 Å². The quantitative estimate of drug-likeness (QED) is 0.467. The van der Waals surface area contributed by atoms with Crippen LogP contribution >= 0.6 is 0 Å². The molecule has 5 heteroatoms. The Morgan fingerprint density at radius 3 is 2.30 bits per heavy atom. The van der Waals surface area contributed by atoms with Crippen LogP contribution < -0.4 is 9.47 Å². The molecule has 3 aromatic carbocycles. The minimum atomic E-state index is -1.11. The van der Waals surface area contributed by atoms with E-state index in [1.54, 1.807) is 18.2 Å². The van der Waals surface area contributed by atoms with Gasteiger partial charge in [-0.1, -0.05) is 54.1 Å². The molecule has 0 bridgehead atoms. The van der Waals surface area contributed by atoms with E-state index >= 15 is 0 Å². The standard InChI is InChI=1S/C28H28O5/c1-19-6-5-7-20(14-19)12-13-33-25-11-10-21(15-26(25)32-2)24(29)18-28(27(30)31)16-22-8-3-4-9-23(22)17-28/h3-11,14-15H,12-13,16-18H2,1-2H3,(H,30,31). The Labute approximate surface area is 194 Å². The maximum absolute atomic E-state index is 13.1. The maximum Gasteiger partial charge on any atom is 0.310 e. The molecule has 0 aromatic heterocycles. The summed E-state index contributed by atoms with van der Waals surface area (Å²) in [5.74, 6) is -0.128. The van der Waals surface area contributed by atoms with Crippen molar-refractivity contribution in [3.05, 3.63) is 94.5 Å². The number of methoxy groups -OCH3 is 1. The summed E-state index contributed by atoms with van der Waals surface area (Å²) in [6, 6.07) is 21.0. The Balaban J connectivity index is 1.45. The normalized spacial score (nSPS) is 13.9. The van der Waals surface area contributed by atoms with E-state index < -0.39 is 11.4 Å². The van der Waals surface area contributed by atoms with Crippen molar-refractivity contribution >= 4 is 11.8 Å². The minimum Gasteiger partial charge on any atom is -0.493 e. The summed E-state index contributed by atoms with van der Waals surface area (Å²) in [4.78, 5) is 25.3. The fourth-order valence-electron chi connectivity index (χ4n) is 4.56. The van der Waals surface area contributed by atoms with Crippen molar-refractivity contribution in [2.75, 3.05) is 13.7 Å².